The Kier molecular flexibility index (Phi) is 2.84. The van der Waals surface area contributed by atoms with E-state index in [1.807, 2.05) is 30.3 Å². The molecule has 0 aliphatic carbocycles. The first-order chi connectivity index (χ1) is 9.16. The second-order valence-corrected chi connectivity index (χ2v) is 4.78. The topological polar surface area (TPSA) is 45.8 Å². The van der Waals surface area contributed by atoms with Gasteiger partial charge in [0, 0.05) is 16.5 Å². The summed E-state index contributed by atoms with van der Waals surface area (Å²) in [5, 5.41) is 8.84. The van der Waals surface area contributed by atoms with E-state index in [1.54, 1.807) is 19.1 Å². The number of H-pyrrole nitrogens is 1. The Bertz CT molecular complexity index is 759. The molecular formula is C15H11ClN2O. The lowest BCUT2D eigenvalue weighted by molar-refractivity contribution is 0.101. The molecule has 3 nitrogen and oxygen atoms in total. The van der Waals surface area contributed by atoms with Gasteiger partial charge in [-0.1, -0.05) is 41.9 Å². The van der Waals surface area contributed by atoms with E-state index in [0.29, 0.717) is 10.6 Å². The molecule has 94 valence electrons. The molecule has 2 aromatic carbocycles. The molecule has 1 aromatic heterocycles. The smallest absolute Gasteiger partial charge is 0.159 e. The van der Waals surface area contributed by atoms with Gasteiger partial charge < -0.3 is 0 Å². The predicted octanol–water partition coefficient (Wildman–Crippen LogP) is 4.09. The van der Waals surface area contributed by atoms with Crippen molar-refractivity contribution >= 4 is 28.3 Å². The molecule has 3 rings (SSSR count). The number of nitrogens with one attached hydrogen (secondary N) is 1. The molecule has 0 amide bonds. The van der Waals surface area contributed by atoms with Gasteiger partial charge in [-0.15, -0.1) is 0 Å². The van der Waals surface area contributed by atoms with Crippen LogP contribution in [0.2, 0.25) is 5.02 Å². The first-order valence-corrected chi connectivity index (χ1v) is 6.28. The average Bonchev–Trinajstić information content (AvgIpc) is 2.84. The predicted molar refractivity (Wildman–Crippen MR) is 76.5 cm³/mol. The molecule has 0 unspecified atom stereocenters. The highest BCUT2D eigenvalue weighted by Gasteiger charge is 2.11. The van der Waals surface area contributed by atoms with Crippen molar-refractivity contribution in [1.82, 2.24) is 10.2 Å². The van der Waals surface area contributed by atoms with Crippen molar-refractivity contribution < 1.29 is 4.79 Å². The number of benzene rings is 2. The van der Waals surface area contributed by atoms with Crippen LogP contribution in [0.4, 0.5) is 0 Å². The second kappa shape index (κ2) is 4.52. The lowest BCUT2D eigenvalue weighted by Crippen LogP contribution is -1.91. The number of aromatic amines is 1. The number of aromatic nitrogens is 2. The minimum absolute atomic E-state index is 0.0523. The van der Waals surface area contributed by atoms with Gasteiger partial charge in [0.2, 0.25) is 0 Å². The van der Waals surface area contributed by atoms with Gasteiger partial charge in [0.05, 0.1) is 10.5 Å². The molecule has 1 heterocycles. The summed E-state index contributed by atoms with van der Waals surface area (Å²) >= 11 is 6.22. The SMILES string of the molecule is CC(=O)c1ccc(-c2n[nH]c3cccc(Cl)c23)cc1. The van der Waals surface area contributed by atoms with E-state index in [4.69, 9.17) is 11.6 Å². The van der Waals surface area contributed by atoms with Crippen molar-refractivity contribution in [3.63, 3.8) is 0 Å². The molecule has 0 atom stereocenters. The quantitative estimate of drug-likeness (QED) is 0.713. The highest BCUT2D eigenvalue weighted by Crippen LogP contribution is 2.31. The van der Waals surface area contributed by atoms with E-state index < -0.39 is 0 Å². The molecule has 0 fully saturated rings. The van der Waals surface area contributed by atoms with Crippen molar-refractivity contribution in [3.8, 4) is 11.3 Å². The van der Waals surface area contributed by atoms with Crippen LogP contribution in [-0.4, -0.2) is 16.0 Å². The van der Waals surface area contributed by atoms with Crippen molar-refractivity contribution in [2.75, 3.05) is 0 Å². The fourth-order valence-corrected chi connectivity index (χ4v) is 2.37. The fraction of sp³-hybridized carbons (Fsp3) is 0.0667. The van der Waals surface area contributed by atoms with Gasteiger partial charge in [-0.2, -0.15) is 5.10 Å². The third-order valence-corrected chi connectivity index (χ3v) is 3.42. The van der Waals surface area contributed by atoms with Crippen LogP contribution < -0.4 is 0 Å². The number of nitrogens with zero attached hydrogens (tertiary/aromatic N) is 1. The van der Waals surface area contributed by atoms with Gasteiger partial charge in [0.15, 0.2) is 5.78 Å². The van der Waals surface area contributed by atoms with E-state index in [2.05, 4.69) is 10.2 Å². The summed E-state index contributed by atoms with van der Waals surface area (Å²) in [4.78, 5) is 11.3. The first-order valence-electron chi connectivity index (χ1n) is 5.91. The monoisotopic (exact) mass is 270 g/mol. The van der Waals surface area contributed by atoms with Crippen LogP contribution in [0, 0.1) is 0 Å². The van der Waals surface area contributed by atoms with Crippen molar-refractivity contribution in [2.24, 2.45) is 0 Å². The van der Waals surface area contributed by atoms with Crippen molar-refractivity contribution in [3.05, 3.63) is 53.1 Å². The van der Waals surface area contributed by atoms with Gasteiger partial charge in [0.25, 0.3) is 0 Å². The summed E-state index contributed by atoms with van der Waals surface area (Å²) in [6.45, 7) is 1.55. The highest BCUT2D eigenvalue weighted by atomic mass is 35.5. The third-order valence-electron chi connectivity index (χ3n) is 3.10. The Morgan fingerprint density at radius 3 is 2.58 bits per heavy atom. The van der Waals surface area contributed by atoms with E-state index in [1.165, 1.54) is 0 Å². The fourth-order valence-electron chi connectivity index (χ4n) is 2.10. The number of rotatable bonds is 2. The third kappa shape index (κ3) is 2.02. The number of hydrogen-bond acceptors (Lipinski definition) is 2. The molecule has 4 heteroatoms. The largest absolute Gasteiger partial charge is 0.295 e. The molecule has 0 aliphatic heterocycles. The van der Waals surface area contributed by atoms with Gasteiger partial charge in [0.1, 0.15) is 5.69 Å². The average molecular weight is 271 g/mol. The van der Waals surface area contributed by atoms with Gasteiger partial charge in [-0.05, 0) is 19.1 Å². The molecule has 0 aliphatic rings. The van der Waals surface area contributed by atoms with Crippen LogP contribution in [-0.2, 0) is 0 Å². The maximum absolute atomic E-state index is 11.3. The number of carbonyl (C=O) groups excluding carboxylic acids is 1. The molecule has 19 heavy (non-hydrogen) atoms. The zero-order valence-corrected chi connectivity index (χ0v) is 11.0. The summed E-state index contributed by atoms with van der Waals surface area (Å²) < 4.78 is 0. The van der Waals surface area contributed by atoms with Crippen LogP contribution in [0.3, 0.4) is 0 Å². The second-order valence-electron chi connectivity index (χ2n) is 4.37. The molecule has 0 bridgehead atoms. The summed E-state index contributed by atoms with van der Waals surface area (Å²) in [5.74, 6) is 0.0523. The number of ketones is 1. The minimum Gasteiger partial charge on any atom is -0.295 e. The van der Waals surface area contributed by atoms with Crippen LogP contribution in [0.15, 0.2) is 42.5 Å². The summed E-state index contributed by atoms with van der Waals surface area (Å²) in [7, 11) is 0. The number of Topliss-reactive ketones (excluding diaryl/α,β-unsaturated/α-hetero) is 1. The number of halogens is 1. The Morgan fingerprint density at radius 2 is 1.89 bits per heavy atom. The van der Waals surface area contributed by atoms with Crippen molar-refractivity contribution in [1.29, 1.82) is 0 Å². The van der Waals surface area contributed by atoms with E-state index in [0.717, 1.165) is 22.2 Å². The van der Waals surface area contributed by atoms with Crippen LogP contribution >= 0.6 is 11.6 Å². The van der Waals surface area contributed by atoms with E-state index in [-0.39, 0.29) is 5.78 Å². The lowest BCUT2D eigenvalue weighted by Gasteiger charge is -2.01. The Hall–Kier alpha value is -2.13. The van der Waals surface area contributed by atoms with E-state index >= 15 is 0 Å². The number of carbonyl (C=O) groups is 1. The molecular weight excluding hydrogens is 260 g/mol. The highest BCUT2D eigenvalue weighted by molar-refractivity contribution is 6.36. The van der Waals surface area contributed by atoms with Gasteiger partial charge in [-0.3, -0.25) is 9.89 Å². The summed E-state index contributed by atoms with van der Waals surface area (Å²) in [5.41, 5.74) is 3.33. The Morgan fingerprint density at radius 1 is 1.16 bits per heavy atom. The number of hydrogen-bond donors (Lipinski definition) is 1. The first kappa shape index (κ1) is 11.9. The zero-order chi connectivity index (χ0) is 13.4. The molecule has 1 N–H and O–H groups in total. The summed E-state index contributed by atoms with van der Waals surface area (Å²) in [6, 6.07) is 13.0. The molecule has 0 spiro atoms. The van der Waals surface area contributed by atoms with Crippen LogP contribution in [0.25, 0.3) is 22.2 Å². The number of fused-ring (bicyclic) bond motifs is 1. The summed E-state index contributed by atoms with van der Waals surface area (Å²) in [6.07, 6.45) is 0. The zero-order valence-electron chi connectivity index (χ0n) is 10.3. The maximum Gasteiger partial charge on any atom is 0.159 e. The molecule has 0 saturated carbocycles. The Labute approximate surface area is 115 Å². The normalized spacial score (nSPS) is 10.8. The van der Waals surface area contributed by atoms with Crippen LogP contribution in [0.5, 0.6) is 0 Å². The standard InChI is InChI=1S/C15H11ClN2O/c1-9(19)10-5-7-11(8-6-10)15-14-12(16)3-2-4-13(14)17-18-15/h2-8H,1H3,(H,17,18). The van der Waals surface area contributed by atoms with Gasteiger partial charge >= 0.3 is 0 Å². The van der Waals surface area contributed by atoms with Crippen LogP contribution in [0.1, 0.15) is 17.3 Å². The molecule has 3 aromatic rings. The minimum atomic E-state index is 0.0523. The van der Waals surface area contributed by atoms with Gasteiger partial charge in [-0.25, -0.2) is 0 Å². The maximum atomic E-state index is 11.3. The van der Waals surface area contributed by atoms with Crippen molar-refractivity contribution in [2.45, 2.75) is 6.92 Å². The Balaban J connectivity index is 2.16. The lowest BCUT2D eigenvalue weighted by atomic mass is 10.0. The van der Waals surface area contributed by atoms with E-state index in [9.17, 15) is 4.79 Å². The molecule has 0 saturated heterocycles. The molecule has 0 radical (unpaired) electrons.